The molecule has 0 amide bonds. The van der Waals surface area contributed by atoms with Crippen LogP contribution in [-0.2, 0) is 9.59 Å². The molecule has 2 aromatic rings. The molecule has 0 aliphatic carbocycles. The number of rotatable bonds is 7. The number of carbonyl (C=O) groups excluding carboxylic acids is 2. The van der Waals surface area contributed by atoms with Gasteiger partial charge < -0.3 is 0 Å². The normalized spacial score (nSPS) is 11.3. The van der Waals surface area contributed by atoms with Gasteiger partial charge in [0, 0.05) is 11.8 Å². The predicted molar refractivity (Wildman–Crippen MR) is 84.2 cm³/mol. The van der Waals surface area contributed by atoms with Gasteiger partial charge in [0.2, 0.25) is 12.2 Å². The van der Waals surface area contributed by atoms with Crippen molar-refractivity contribution in [1.29, 1.82) is 0 Å². The summed E-state index contributed by atoms with van der Waals surface area (Å²) in [5.74, 6) is -0.107. The minimum absolute atomic E-state index is 0.00315. The van der Waals surface area contributed by atoms with Crippen LogP contribution in [0.5, 0.6) is 0 Å². The van der Waals surface area contributed by atoms with Gasteiger partial charge in [-0.1, -0.05) is 60.7 Å². The number of nitrogens with zero attached hydrogens (tertiary/aromatic N) is 2. The van der Waals surface area contributed by atoms with E-state index in [-0.39, 0.29) is 24.9 Å². The molecule has 4 heteroatoms. The highest BCUT2D eigenvalue weighted by molar-refractivity contribution is 5.37. The van der Waals surface area contributed by atoms with Crippen molar-refractivity contribution in [3.8, 4) is 0 Å². The monoisotopic (exact) mass is 292 g/mol. The molecule has 0 aliphatic heterocycles. The van der Waals surface area contributed by atoms with Crippen LogP contribution in [0, 0.1) is 5.92 Å². The van der Waals surface area contributed by atoms with E-state index in [4.69, 9.17) is 0 Å². The highest BCUT2D eigenvalue weighted by atomic mass is 16.1. The Morgan fingerprint density at radius 1 is 0.727 bits per heavy atom. The van der Waals surface area contributed by atoms with E-state index in [1.807, 2.05) is 60.7 Å². The molecule has 2 aromatic carbocycles. The third-order valence-electron chi connectivity index (χ3n) is 3.57. The van der Waals surface area contributed by atoms with Crippen molar-refractivity contribution >= 4 is 12.2 Å². The SMILES string of the molecule is O=C=NCC(CN=C=O)C(c1ccccc1)c1ccccc1. The lowest BCUT2D eigenvalue weighted by atomic mass is 9.80. The fourth-order valence-electron chi connectivity index (χ4n) is 2.64. The van der Waals surface area contributed by atoms with E-state index >= 15 is 0 Å². The van der Waals surface area contributed by atoms with Crippen molar-refractivity contribution in [3.63, 3.8) is 0 Å². The minimum Gasteiger partial charge on any atom is -0.211 e. The Labute approximate surface area is 129 Å². The number of hydrogen-bond acceptors (Lipinski definition) is 4. The number of benzene rings is 2. The molecule has 0 aliphatic rings. The van der Waals surface area contributed by atoms with Gasteiger partial charge in [-0.15, -0.1) is 0 Å². The van der Waals surface area contributed by atoms with E-state index in [1.165, 1.54) is 0 Å². The van der Waals surface area contributed by atoms with Crippen molar-refractivity contribution in [2.24, 2.45) is 15.9 Å². The Morgan fingerprint density at radius 2 is 1.14 bits per heavy atom. The largest absolute Gasteiger partial charge is 0.234 e. The van der Waals surface area contributed by atoms with Crippen LogP contribution in [0.3, 0.4) is 0 Å². The van der Waals surface area contributed by atoms with E-state index in [9.17, 15) is 9.59 Å². The van der Waals surface area contributed by atoms with Crippen molar-refractivity contribution in [1.82, 2.24) is 0 Å². The average molecular weight is 292 g/mol. The summed E-state index contributed by atoms with van der Waals surface area (Å²) in [6.45, 7) is 0.534. The van der Waals surface area contributed by atoms with Gasteiger partial charge in [0.15, 0.2) is 0 Å². The van der Waals surface area contributed by atoms with Crippen LogP contribution in [0.2, 0.25) is 0 Å². The molecule has 22 heavy (non-hydrogen) atoms. The second kappa shape index (κ2) is 8.48. The molecule has 0 saturated heterocycles. The van der Waals surface area contributed by atoms with Gasteiger partial charge in [-0.05, 0) is 11.1 Å². The Morgan fingerprint density at radius 3 is 1.50 bits per heavy atom. The zero-order chi connectivity index (χ0) is 15.6. The van der Waals surface area contributed by atoms with Gasteiger partial charge in [-0.25, -0.2) is 19.6 Å². The molecule has 110 valence electrons. The standard InChI is InChI=1S/C18H16N2O2/c21-13-19-11-17(12-20-14-22)18(15-7-3-1-4-8-15)16-9-5-2-6-10-16/h1-10,17-18H,11-12H2. The van der Waals surface area contributed by atoms with Crippen molar-refractivity contribution in [2.45, 2.75) is 5.92 Å². The number of aliphatic imine (C=N–C) groups is 2. The van der Waals surface area contributed by atoms with Crippen LogP contribution in [0.1, 0.15) is 17.0 Å². The third kappa shape index (κ3) is 4.10. The zero-order valence-corrected chi connectivity index (χ0v) is 12.1. The molecule has 0 N–H and O–H groups in total. The summed E-state index contributed by atoms with van der Waals surface area (Å²) >= 11 is 0. The molecule has 0 saturated carbocycles. The number of isocyanates is 2. The highest BCUT2D eigenvalue weighted by Crippen LogP contribution is 2.32. The maximum atomic E-state index is 10.5. The first-order valence-electron chi connectivity index (χ1n) is 7.04. The van der Waals surface area contributed by atoms with Crippen LogP contribution in [0.15, 0.2) is 70.6 Å². The lowest BCUT2D eigenvalue weighted by Crippen LogP contribution is -2.20. The Balaban J connectivity index is 2.44. The molecule has 0 aromatic heterocycles. The van der Waals surface area contributed by atoms with E-state index in [1.54, 1.807) is 12.2 Å². The van der Waals surface area contributed by atoms with Gasteiger partial charge in [-0.3, -0.25) is 0 Å². The van der Waals surface area contributed by atoms with Crippen LogP contribution >= 0.6 is 0 Å². The van der Waals surface area contributed by atoms with Crippen molar-refractivity contribution in [2.75, 3.05) is 13.1 Å². The van der Waals surface area contributed by atoms with Crippen LogP contribution < -0.4 is 0 Å². The van der Waals surface area contributed by atoms with Gasteiger partial charge >= 0.3 is 0 Å². The first kappa shape index (κ1) is 15.6. The van der Waals surface area contributed by atoms with E-state index < -0.39 is 0 Å². The fraction of sp³-hybridized carbons (Fsp3) is 0.222. The maximum Gasteiger partial charge on any atom is 0.234 e. The zero-order valence-electron chi connectivity index (χ0n) is 12.1. The van der Waals surface area contributed by atoms with E-state index in [2.05, 4.69) is 9.98 Å². The van der Waals surface area contributed by atoms with Gasteiger partial charge in [0.1, 0.15) is 0 Å². The molecule has 0 spiro atoms. The van der Waals surface area contributed by atoms with Gasteiger partial charge in [0.05, 0.1) is 13.1 Å². The molecule has 4 nitrogen and oxygen atoms in total. The highest BCUT2D eigenvalue weighted by Gasteiger charge is 2.24. The third-order valence-corrected chi connectivity index (χ3v) is 3.57. The predicted octanol–water partition coefficient (Wildman–Crippen LogP) is 3.11. The maximum absolute atomic E-state index is 10.5. The van der Waals surface area contributed by atoms with Crippen molar-refractivity contribution < 1.29 is 9.59 Å². The Bertz CT molecular complexity index is 613. The molecule has 0 fully saturated rings. The summed E-state index contributed by atoms with van der Waals surface area (Å²) in [7, 11) is 0. The first-order valence-corrected chi connectivity index (χ1v) is 7.04. The summed E-state index contributed by atoms with van der Waals surface area (Å²) < 4.78 is 0. The van der Waals surface area contributed by atoms with Crippen LogP contribution in [-0.4, -0.2) is 25.2 Å². The minimum atomic E-state index is -0.104. The smallest absolute Gasteiger partial charge is 0.211 e. The van der Waals surface area contributed by atoms with Crippen LogP contribution in [0.4, 0.5) is 0 Å². The molecule has 0 atom stereocenters. The van der Waals surface area contributed by atoms with E-state index in [0.717, 1.165) is 11.1 Å². The summed E-state index contributed by atoms with van der Waals surface area (Å²) in [4.78, 5) is 28.4. The fourth-order valence-corrected chi connectivity index (χ4v) is 2.64. The molecule has 2 rings (SSSR count). The quantitative estimate of drug-likeness (QED) is 0.581. The lowest BCUT2D eigenvalue weighted by Gasteiger charge is -2.25. The lowest BCUT2D eigenvalue weighted by molar-refractivity contribution is 0.482. The molecular weight excluding hydrogens is 276 g/mol. The molecule has 0 heterocycles. The first-order chi connectivity index (χ1) is 10.9. The number of hydrogen-bond donors (Lipinski definition) is 0. The van der Waals surface area contributed by atoms with Crippen molar-refractivity contribution in [3.05, 3.63) is 71.8 Å². The summed E-state index contributed by atoms with van der Waals surface area (Å²) in [5, 5.41) is 0. The Hall–Kier alpha value is -2.80. The van der Waals surface area contributed by atoms with Crippen LogP contribution in [0.25, 0.3) is 0 Å². The summed E-state index contributed by atoms with van der Waals surface area (Å²) in [6.07, 6.45) is 3.13. The topological polar surface area (TPSA) is 58.9 Å². The van der Waals surface area contributed by atoms with Gasteiger partial charge in [0.25, 0.3) is 0 Å². The molecule has 0 radical (unpaired) electrons. The summed E-state index contributed by atoms with van der Waals surface area (Å²) in [6, 6.07) is 19.9. The average Bonchev–Trinajstić information content (AvgIpc) is 2.59. The molecule has 0 bridgehead atoms. The van der Waals surface area contributed by atoms with E-state index in [0.29, 0.717) is 0 Å². The molecule has 0 unspecified atom stereocenters. The molecular formula is C18H16N2O2. The second-order valence-electron chi connectivity index (χ2n) is 4.92. The summed E-state index contributed by atoms with van der Waals surface area (Å²) in [5.41, 5.74) is 2.20. The Kier molecular flexibility index (Phi) is 6.01. The van der Waals surface area contributed by atoms with Gasteiger partial charge in [-0.2, -0.15) is 0 Å². The second-order valence-corrected chi connectivity index (χ2v) is 4.92.